The molecule has 28 heavy (non-hydrogen) atoms. The van der Waals surface area contributed by atoms with Crippen LogP contribution >= 0.6 is 22.6 Å². The normalized spacial score (nSPS) is 14.7. The molecule has 2 aromatic rings. The molecule has 6 nitrogen and oxygen atoms in total. The highest BCUT2D eigenvalue weighted by atomic mass is 127. The molecule has 1 fully saturated rings. The van der Waals surface area contributed by atoms with Crippen LogP contribution in [0.5, 0.6) is 5.75 Å². The Labute approximate surface area is 179 Å². The molecule has 1 aliphatic heterocycles. The first-order valence-electron chi connectivity index (χ1n) is 9.80. The molecule has 2 heterocycles. The third-order valence-corrected chi connectivity index (χ3v) is 5.52. The van der Waals surface area contributed by atoms with Crippen LogP contribution in [0.3, 0.4) is 0 Å². The van der Waals surface area contributed by atoms with Crippen LogP contribution in [-0.4, -0.2) is 42.5 Å². The summed E-state index contributed by atoms with van der Waals surface area (Å²) in [4.78, 5) is 14.0. The summed E-state index contributed by atoms with van der Waals surface area (Å²) >= 11 is 2.18. The van der Waals surface area contributed by atoms with Crippen molar-refractivity contribution in [3.8, 4) is 5.75 Å². The molecule has 0 N–H and O–H groups in total. The lowest BCUT2D eigenvalue weighted by molar-refractivity contribution is 0.0526. The average molecular weight is 495 g/mol. The third-order valence-electron chi connectivity index (χ3n) is 4.95. The number of benzene rings is 1. The Morgan fingerprint density at radius 3 is 2.54 bits per heavy atom. The number of nitrogens with zero attached hydrogens (tertiary/aromatic N) is 3. The van der Waals surface area contributed by atoms with E-state index in [9.17, 15) is 4.79 Å². The molecule has 1 aromatic heterocycles. The molecule has 0 radical (unpaired) electrons. The van der Waals surface area contributed by atoms with Crippen LogP contribution in [0.1, 0.15) is 43.0 Å². The van der Waals surface area contributed by atoms with Gasteiger partial charge in [0.15, 0.2) is 5.82 Å². The summed E-state index contributed by atoms with van der Waals surface area (Å²) in [7, 11) is 0. The lowest BCUT2D eigenvalue weighted by atomic mass is 9.92. The maximum Gasteiger partial charge on any atom is 0.338 e. The first-order chi connectivity index (χ1) is 13.7. The Morgan fingerprint density at radius 1 is 1.14 bits per heavy atom. The van der Waals surface area contributed by atoms with Gasteiger partial charge in [0.05, 0.1) is 18.8 Å². The number of rotatable bonds is 8. The van der Waals surface area contributed by atoms with E-state index in [1.54, 1.807) is 19.1 Å². The van der Waals surface area contributed by atoms with E-state index >= 15 is 0 Å². The van der Waals surface area contributed by atoms with Gasteiger partial charge in [-0.3, -0.25) is 0 Å². The van der Waals surface area contributed by atoms with Crippen molar-refractivity contribution in [2.45, 2.75) is 32.6 Å². The van der Waals surface area contributed by atoms with Crippen molar-refractivity contribution in [1.29, 1.82) is 0 Å². The molecule has 0 bridgehead atoms. The molecule has 3 rings (SSSR count). The quantitative estimate of drug-likeness (QED) is 0.309. The van der Waals surface area contributed by atoms with Crippen LogP contribution in [-0.2, 0) is 4.74 Å². The molecule has 1 saturated heterocycles. The van der Waals surface area contributed by atoms with Crippen molar-refractivity contribution in [3.05, 3.63) is 45.7 Å². The van der Waals surface area contributed by atoms with E-state index in [-0.39, 0.29) is 5.97 Å². The second-order valence-corrected chi connectivity index (χ2v) is 7.99. The van der Waals surface area contributed by atoms with E-state index in [0.717, 1.165) is 40.7 Å². The largest absolute Gasteiger partial charge is 0.494 e. The summed E-state index contributed by atoms with van der Waals surface area (Å²) in [6, 6.07) is 11.2. The van der Waals surface area contributed by atoms with Gasteiger partial charge in [0.2, 0.25) is 0 Å². The predicted molar refractivity (Wildman–Crippen MR) is 117 cm³/mol. The number of esters is 1. The average Bonchev–Trinajstić information content (AvgIpc) is 2.73. The molecule has 7 heteroatoms. The van der Waals surface area contributed by atoms with E-state index in [2.05, 4.69) is 43.8 Å². The molecule has 0 aliphatic carbocycles. The molecule has 150 valence electrons. The van der Waals surface area contributed by atoms with Crippen molar-refractivity contribution < 1.29 is 14.3 Å². The summed E-state index contributed by atoms with van der Waals surface area (Å²) < 4.78 is 11.7. The van der Waals surface area contributed by atoms with Crippen molar-refractivity contribution >= 4 is 34.4 Å². The fourth-order valence-electron chi connectivity index (χ4n) is 3.39. The summed E-state index contributed by atoms with van der Waals surface area (Å²) in [6.07, 6.45) is 4.57. The van der Waals surface area contributed by atoms with Crippen LogP contribution in [0.2, 0.25) is 0 Å². The molecular formula is C21H26IN3O3. The van der Waals surface area contributed by atoms with Gasteiger partial charge in [0, 0.05) is 13.1 Å². The Kier molecular flexibility index (Phi) is 7.88. The van der Waals surface area contributed by atoms with E-state index in [1.165, 1.54) is 19.3 Å². The van der Waals surface area contributed by atoms with E-state index in [1.807, 2.05) is 18.2 Å². The van der Waals surface area contributed by atoms with Gasteiger partial charge in [-0.05, 0) is 97.5 Å². The lowest BCUT2D eigenvalue weighted by Gasteiger charge is -2.32. The monoisotopic (exact) mass is 495 g/mol. The first-order valence-corrected chi connectivity index (χ1v) is 10.9. The number of anilines is 1. The second kappa shape index (κ2) is 10.6. The number of aromatic nitrogens is 2. The van der Waals surface area contributed by atoms with Crippen molar-refractivity contribution in [1.82, 2.24) is 10.2 Å². The SMILES string of the molecule is CCOC(=O)c1ccc(OCCCC2CCN(c3ccc(I)nn3)CC2)cc1. The maximum atomic E-state index is 11.6. The van der Waals surface area contributed by atoms with Gasteiger partial charge in [-0.15, -0.1) is 10.2 Å². The standard InChI is InChI=1S/C21H26IN3O3/c1-2-27-21(26)17-5-7-18(8-6-17)28-15-3-4-16-11-13-25(14-12-16)20-10-9-19(22)23-24-20/h5-10,16H,2-4,11-15H2,1H3. The number of hydrogen-bond acceptors (Lipinski definition) is 6. The van der Waals surface area contributed by atoms with Gasteiger partial charge >= 0.3 is 5.97 Å². The number of ether oxygens (including phenoxy) is 2. The number of hydrogen-bond donors (Lipinski definition) is 0. The summed E-state index contributed by atoms with van der Waals surface area (Å²) in [5.74, 6) is 2.22. The molecule has 0 amide bonds. The Hall–Kier alpha value is -1.90. The zero-order valence-electron chi connectivity index (χ0n) is 16.1. The third kappa shape index (κ3) is 6.05. The van der Waals surface area contributed by atoms with Crippen molar-refractivity contribution in [3.63, 3.8) is 0 Å². The fraction of sp³-hybridized carbons (Fsp3) is 0.476. The molecule has 1 aromatic carbocycles. The van der Waals surface area contributed by atoms with Gasteiger partial charge in [0.1, 0.15) is 9.45 Å². The molecule has 0 atom stereocenters. The van der Waals surface area contributed by atoms with Crippen LogP contribution in [0.25, 0.3) is 0 Å². The molecule has 0 unspecified atom stereocenters. The first kappa shape index (κ1) is 20.8. The minimum Gasteiger partial charge on any atom is -0.494 e. The minimum atomic E-state index is -0.295. The smallest absolute Gasteiger partial charge is 0.338 e. The number of carbonyl (C=O) groups is 1. The van der Waals surface area contributed by atoms with Crippen LogP contribution in [0.15, 0.2) is 36.4 Å². The van der Waals surface area contributed by atoms with Crippen LogP contribution in [0, 0.1) is 9.62 Å². The Bertz CT molecular complexity index is 744. The highest BCUT2D eigenvalue weighted by Crippen LogP contribution is 2.25. The highest BCUT2D eigenvalue weighted by molar-refractivity contribution is 14.1. The van der Waals surface area contributed by atoms with Gasteiger partial charge in [-0.25, -0.2) is 4.79 Å². The number of piperidine rings is 1. The summed E-state index contributed by atoms with van der Waals surface area (Å²) in [5.41, 5.74) is 0.554. The van der Waals surface area contributed by atoms with Crippen molar-refractivity contribution in [2.75, 3.05) is 31.2 Å². The molecule has 0 spiro atoms. The van der Waals surface area contributed by atoms with Gasteiger partial charge in [-0.1, -0.05) is 0 Å². The maximum absolute atomic E-state index is 11.6. The van der Waals surface area contributed by atoms with E-state index in [0.29, 0.717) is 18.8 Å². The topological polar surface area (TPSA) is 64.6 Å². The molecule has 1 aliphatic rings. The predicted octanol–water partition coefficient (Wildman–Crippen LogP) is 4.33. The zero-order chi connectivity index (χ0) is 19.8. The lowest BCUT2D eigenvalue weighted by Crippen LogP contribution is -2.34. The number of carbonyl (C=O) groups excluding carboxylic acids is 1. The summed E-state index contributed by atoms with van der Waals surface area (Å²) in [5, 5.41) is 8.42. The summed E-state index contributed by atoms with van der Waals surface area (Å²) in [6.45, 7) is 4.96. The Balaban J connectivity index is 1.34. The fourth-order valence-corrected chi connectivity index (χ4v) is 3.68. The highest BCUT2D eigenvalue weighted by Gasteiger charge is 2.20. The van der Waals surface area contributed by atoms with E-state index in [4.69, 9.17) is 9.47 Å². The Morgan fingerprint density at radius 2 is 1.89 bits per heavy atom. The van der Waals surface area contributed by atoms with Crippen LogP contribution in [0.4, 0.5) is 5.82 Å². The van der Waals surface area contributed by atoms with Crippen LogP contribution < -0.4 is 9.64 Å². The zero-order valence-corrected chi connectivity index (χ0v) is 18.3. The van der Waals surface area contributed by atoms with Gasteiger partial charge < -0.3 is 14.4 Å². The van der Waals surface area contributed by atoms with Gasteiger partial charge in [0.25, 0.3) is 0 Å². The molecule has 0 saturated carbocycles. The molecular weight excluding hydrogens is 469 g/mol. The van der Waals surface area contributed by atoms with Gasteiger partial charge in [-0.2, -0.15) is 0 Å². The van der Waals surface area contributed by atoms with E-state index < -0.39 is 0 Å². The minimum absolute atomic E-state index is 0.295. The second-order valence-electron chi connectivity index (χ2n) is 6.88. The van der Waals surface area contributed by atoms with Crippen molar-refractivity contribution in [2.24, 2.45) is 5.92 Å². The number of halogens is 1.